The van der Waals surface area contributed by atoms with Crippen molar-refractivity contribution in [1.29, 1.82) is 0 Å². The molecular formula is C18H29NOS. The molecule has 0 saturated heterocycles. The van der Waals surface area contributed by atoms with Crippen LogP contribution in [0.5, 0.6) is 0 Å². The van der Waals surface area contributed by atoms with Gasteiger partial charge in [-0.05, 0) is 38.2 Å². The number of thioether (sulfide) groups is 1. The van der Waals surface area contributed by atoms with Crippen molar-refractivity contribution in [2.75, 3.05) is 5.75 Å². The Morgan fingerprint density at radius 3 is 2.19 bits per heavy atom. The SMILES string of the molecule is Cc1ccc(CSCC(=O)NC(C)(C)CC(C)(C)C)cc1. The lowest BCUT2D eigenvalue weighted by molar-refractivity contribution is -0.120. The van der Waals surface area contributed by atoms with Gasteiger partial charge in [-0.1, -0.05) is 50.6 Å². The highest BCUT2D eigenvalue weighted by Gasteiger charge is 2.26. The van der Waals surface area contributed by atoms with Gasteiger partial charge in [0, 0.05) is 11.3 Å². The molecule has 0 bridgehead atoms. The number of aryl methyl sites for hydroxylation is 1. The smallest absolute Gasteiger partial charge is 0.230 e. The minimum Gasteiger partial charge on any atom is -0.350 e. The van der Waals surface area contributed by atoms with Gasteiger partial charge < -0.3 is 5.32 Å². The van der Waals surface area contributed by atoms with Crippen LogP contribution >= 0.6 is 11.8 Å². The van der Waals surface area contributed by atoms with E-state index in [9.17, 15) is 4.79 Å². The maximum atomic E-state index is 12.1. The molecule has 1 amide bonds. The number of rotatable bonds is 6. The minimum absolute atomic E-state index is 0.126. The average Bonchev–Trinajstić information content (AvgIpc) is 2.27. The van der Waals surface area contributed by atoms with Crippen molar-refractivity contribution in [2.24, 2.45) is 5.41 Å². The van der Waals surface area contributed by atoms with Crippen LogP contribution in [-0.4, -0.2) is 17.2 Å². The zero-order valence-electron chi connectivity index (χ0n) is 14.2. The van der Waals surface area contributed by atoms with Crippen LogP contribution in [0.25, 0.3) is 0 Å². The van der Waals surface area contributed by atoms with Crippen LogP contribution in [-0.2, 0) is 10.5 Å². The normalized spacial score (nSPS) is 12.3. The second-order valence-corrected chi connectivity index (χ2v) is 8.63. The van der Waals surface area contributed by atoms with Crippen LogP contribution in [0.2, 0.25) is 0 Å². The number of carbonyl (C=O) groups is 1. The Labute approximate surface area is 134 Å². The lowest BCUT2D eigenvalue weighted by atomic mass is 9.82. The first-order valence-corrected chi connectivity index (χ1v) is 8.67. The number of benzene rings is 1. The number of carbonyl (C=O) groups excluding carboxylic acids is 1. The van der Waals surface area contributed by atoms with Gasteiger partial charge in [0.1, 0.15) is 0 Å². The van der Waals surface area contributed by atoms with Crippen LogP contribution in [0.3, 0.4) is 0 Å². The van der Waals surface area contributed by atoms with Crippen molar-refractivity contribution in [1.82, 2.24) is 5.32 Å². The highest BCUT2D eigenvalue weighted by molar-refractivity contribution is 7.99. The molecule has 0 aromatic heterocycles. The molecule has 1 aromatic carbocycles. The number of amides is 1. The largest absolute Gasteiger partial charge is 0.350 e. The standard InChI is InChI=1S/C18H29NOS/c1-14-7-9-15(10-8-14)11-21-12-16(20)19-18(5,6)13-17(2,3)4/h7-10H,11-13H2,1-6H3,(H,19,20). The number of hydrogen-bond donors (Lipinski definition) is 1. The molecule has 3 heteroatoms. The fourth-order valence-electron chi connectivity index (χ4n) is 2.73. The molecule has 0 radical (unpaired) electrons. The van der Waals surface area contributed by atoms with E-state index in [1.54, 1.807) is 11.8 Å². The zero-order valence-corrected chi connectivity index (χ0v) is 15.1. The van der Waals surface area contributed by atoms with Crippen molar-refractivity contribution in [3.05, 3.63) is 35.4 Å². The molecule has 0 atom stereocenters. The summed E-state index contributed by atoms with van der Waals surface area (Å²) < 4.78 is 0. The van der Waals surface area contributed by atoms with Gasteiger partial charge in [0.2, 0.25) is 5.91 Å². The molecule has 118 valence electrons. The van der Waals surface area contributed by atoms with Crippen molar-refractivity contribution < 1.29 is 4.79 Å². The molecular weight excluding hydrogens is 278 g/mol. The lowest BCUT2D eigenvalue weighted by Crippen LogP contribution is -2.46. The summed E-state index contributed by atoms with van der Waals surface area (Å²) in [6.45, 7) is 12.9. The summed E-state index contributed by atoms with van der Waals surface area (Å²) in [5.74, 6) is 1.52. The third-order valence-electron chi connectivity index (χ3n) is 3.07. The molecule has 0 heterocycles. The summed E-state index contributed by atoms with van der Waals surface area (Å²) in [5.41, 5.74) is 2.60. The molecule has 0 saturated carbocycles. The predicted molar refractivity (Wildman–Crippen MR) is 93.6 cm³/mol. The maximum absolute atomic E-state index is 12.1. The lowest BCUT2D eigenvalue weighted by Gasteiger charge is -2.33. The molecule has 1 N–H and O–H groups in total. The summed E-state index contributed by atoms with van der Waals surface area (Å²) in [4.78, 5) is 12.1. The van der Waals surface area contributed by atoms with Gasteiger partial charge in [-0.25, -0.2) is 0 Å². The van der Waals surface area contributed by atoms with Gasteiger partial charge in [-0.3, -0.25) is 4.79 Å². The Morgan fingerprint density at radius 1 is 1.10 bits per heavy atom. The first-order chi connectivity index (χ1) is 9.57. The highest BCUT2D eigenvalue weighted by Crippen LogP contribution is 2.26. The van der Waals surface area contributed by atoms with E-state index >= 15 is 0 Å². The van der Waals surface area contributed by atoms with Crippen molar-refractivity contribution >= 4 is 17.7 Å². The molecule has 1 rings (SSSR count). The van der Waals surface area contributed by atoms with E-state index in [1.165, 1.54) is 11.1 Å². The molecule has 0 spiro atoms. The Morgan fingerprint density at radius 2 is 1.67 bits per heavy atom. The topological polar surface area (TPSA) is 29.1 Å². The quantitative estimate of drug-likeness (QED) is 0.834. The minimum atomic E-state index is -0.153. The molecule has 0 aliphatic carbocycles. The Balaban J connectivity index is 2.35. The Kier molecular flexibility index (Phi) is 6.33. The van der Waals surface area contributed by atoms with E-state index in [4.69, 9.17) is 0 Å². The first kappa shape index (κ1) is 18.1. The van der Waals surface area contributed by atoms with Crippen molar-refractivity contribution in [3.8, 4) is 0 Å². The monoisotopic (exact) mass is 307 g/mol. The fourth-order valence-corrected chi connectivity index (χ4v) is 3.52. The third kappa shape index (κ3) is 8.15. The van der Waals surface area contributed by atoms with Crippen molar-refractivity contribution in [3.63, 3.8) is 0 Å². The second-order valence-electron chi connectivity index (χ2n) is 7.65. The summed E-state index contributed by atoms with van der Waals surface area (Å²) in [6, 6.07) is 8.48. The first-order valence-electron chi connectivity index (χ1n) is 7.52. The van der Waals surface area contributed by atoms with Crippen LogP contribution in [0.15, 0.2) is 24.3 Å². The summed E-state index contributed by atoms with van der Waals surface area (Å²) >= 11 is 1.67. The second kappa shape index (κ2) is 7.35. The van der Waals surface area contributed by atoms with E-state index in [0.717, 1.165) is 12.2 Å². The third-order valence-corrected chi connectivity index (χ3v) is 4.08. The summed E-state index contributed by atoms with van der Waals surface area (Å²) in [5, 5.41) is 3.15. The molecule has 0 aliphatic rings. The number of hydrogen-bond acceptors (Lipinski definition) is 2. The average molecular weight is 308 g/mol. The van der Waals surface area contributed by atoms with Gasteiger partial charge >= 0.3 is 0 Å². The van der Waals surface area contributed by atoms with Crippen LogP contribution in [0, 0.1) is 12.3 Å². The zero-order chi connectivity index (χ0) is 16.1. The van der Waals surface area contributed by atoms with Gasteiger partial charge in [0.15, 0.2) is 0 Å². The van der Waals surface area contributed by atoms with E-state index in [0.29, 0.717) is 5.75 Å². The van der Waals surface area contributed by atoms with Crippen molar-refractivity contribution in [2.45, 2.75) is 59.3 Å². The Hall–Kier alpha value is -0.960. The van der Waals surface area contributed by atoms with Gasteiger partial charge in [-0.2, -0.15) is 0 Å². The van der Waals surface area contributed by atoms with Gasteiger partial charge in [-0.15, -0.1) is 11.8 Å². The van der Waals surface area contributed by atoms with Crippen LogP contribution < -0.4 is 5.32 Å². The van der Waals surface area contributed by atoms with Crippen LogP contribution in [0.4, 0.5) is 0 Å². The maximum Gasteiger partial charge on any atom is 0.230 e. The van der Waals surface area contributed by atoms with E-state index in [-0.39, 0.29) is 16.9 Å². The fraction of sp³-hybridized carbons (Fsp3) is 0.611. The van der Waals surface area contributed by atoms with Gasteiger partial charge in [0.05, 0.1) is 5.75 Å². The van der Waals surface area contributed by atoms with Gasteiger partial charge in [0.25, 0.3) is 0 Å². The highest BCUT2D eigenvalue weighted by atomic mass is 32.2. The van der Waals surface area contributed by atoms with E-state index in [1.807, 2.05) is 0 Å². The van der Waals surface area contributed by atoms with E-state index in [2.05, 4.69) is 71.1 Å². The Bertz CT molecular complexity index is 457. The predicted octanol–water partition coefficient (Wildman–Crippen LogP) is 4.56. The van der Waals surface area contributed by atoms with E-state index < -0.39 is 0 Å². The number of nitrogens with one attached hydrogen (secondary N) is 1. The molecule has 0 aliphatic heterocycles. The molecule has 0 unspecified atom stereocenters. The summed E-state index contributed by atoms with van der Waals surface area (Å²) in [6.07, 6.45) is 0.967. The van der Waals surface area contributed by atoms with Crippen LogP contribution in [0.1, 0.15) is 52.2 Å². The molecule has 0 fully saturated rings. The molecule has 21 heavy (non-hydrogen) atoms. The molecule has 1 aromatic rings. The summed E-state index contributed by atoms with van der Waals surface area (Å²) in [7, 11) is 0. The molecule has 2 nitrogen and oxygen atoms in total.